The molecule has 2 N–H and O–H groups in total. The first-order chi connectivity index (χ1) is 9.04. The van der Waals surface area contributed by atoms with Crippen molar-refractivity contribution < 1.29 is 9.13 Å². The zero-order chi connectivity index (χ0) is 14.0. The number of nitrogens with zero attached hydrogens (tertiary/aromatic N) is 1. The molecule has 19 heavy (non-hydrogen) atoms. The van der Waals surface area contributed by atoms with Crippen molar-refractivity contribution in [2.24, 2.45) is 5.73 Å². The van der Waals surface area contributed by atoms with Gasteiger partial charge in [0.1, 0.15) is 5.82 Å². The molecule has 106 valence electrons. The summed E-state index contributed by atoms with van der Waals surface area (Å²) in [5.41, 5.74) is 6.51. The first-order valence-electron chi connectivity index (χ1n) is 6.53. The molecule has 1 aromatic rings. The van der Waals surface area contributed by atoms with Gasteiger partial charge in [0.25, 0.3) is 0 Å². The highest BCUT2D eigenvalue weighted by atomic mass is 79.9. The summed E-state index contributed by atoms with van der Waals surface area (Å²) >= 11 is 3.28. The van der Waals surface area contributed by atoms with Crippen molar-refractivity contribution >= 4 is 15.9 Å². The topological polar surface area (TPSA) is 38.5 Å². The molecule has 1 heterocycles. The lowest BCUT2D eigenvalue weighted by Crippen LogP contribution is -2.42. The van der Waals surface area contributed by atoms with E-state index in [1.807, 2.05) is 13.1 Å². The van der Waals surface area contributed by atoms with Crippen molar-refractivity contribution in [3.8, 4) is 0 Å². The van der Waals surface area contributed by atoms with Crippen molar-refractivity contribution in [2.45, 2.75) is 31.5 Å². The fourth-order valence-corrected chi connectivity index (χ4v) is 3.10. The van der Waals surface area contributed by atoms with Gasteiger partial charge in [-0.1, -0.05) is 22.0 Å². The van der Waals surface area contributed by atoms with E-state index in [2.05, 4.69) is 27.8 Å². The third-order valence-corrected chi connectivity index (χ3v) is 4.39. The second-order valence-corrected chi connectivity index (χ2v) is 5.93. The second-order valence-electron chi connectivity index (χ2n) is 5.01. The Labute approximate surface area is 122 Å². The molecule has 5 heteroatoms. The Hall–Kier alpha value is -0.490. The van der Waals surface area contributed by atoms with Crippen LogP contribution in [0.15, 0.2) is 22.7 Å². The smallest absolute Gasteiger partial charge is 0.129 e. The van der Waals surface area contributed by atoms with Gasteiger partial charge in [-0.2, -0.15) is 0 Å². The molecule has 0 aromatic heterocycles. The number of hydrogen-bond acceptors (Lipinski definition) is 3. The quantitative estimate of drug-likeness (QED) is 0.922. The number of likely N-dealkylation sites (N-methyl/N-ethyl adjacent to an activating group) is 1. The molecule has 0 bridgehead atoms. The number of benzene rings is 1. The van der Waals surface area contributed by atoms with Crippen molar-refractivity contribution in [1.29, 1.82) is 0 Å². The summed E-state index contributed by atoms with van der Waals surface area (Å²) in [5.74, 6) is -0.219. The van der Waals surface area contributed by atoms with Crippen molar-refractivity contribution in [1.82, 2.24) is 4.90 Å². The molecule has 2 rings (SSSR count). The summed E-state index contributed by atoms with van der Waals surface area (Å²) in [6.07, 6.45) is 1.13. The largest absolute Gasteiger partial charge is 0.377 e. The van der Waals surface area contributed by atoms with Gasteiger partial charge in [0.05, 0.1) is 6.10 Å². The maximum Gasteiger partial charge on any atom is 0.129 e. The van der Waals surface area contributed by atoms with Crippen LogP contribution in [0.5, 0.6) is 0 Å². The standard InChI is InChI=1S/C14H20BrFN2O/c1-9-13(5-6-19-9)18(2)14(8-17)11-4-3-10(15)7-12(11)16/h3-4,7,9,13-14H,5-6,8,17H2,1-2H3. The number of rotatable bonds is 4. The molecule has 0 amide bonds. The molecular formula is C14H20BrFN2O. The molecule has 0 spiro atoms. The normalized spacial score (nSPS) is 24.9. The molecule has 1 fully saturated rings. The molecule has 1 saturated heterocycles. The summed E-state index contributed by atoms with van der Waals surface area (Å²) in [7, 11) is 1.99. The van der Waals surface area contributed by atoms with Gasteiger partial charge < -0.3 is 10.5 Å². The average Bonchev–Trinajstić information content (AvgIpc) is 2.78. The third-order valence-electron chi connectivity index (χ3n) is 3.90. The van der Waals surface area contributed by atoms with Crippen LogP contribution in [0.3, 0.4) is 0 Å². The van der Waals surface area contributed by atoms with E-state index in [0.29, 0.717) is 12.1 Å². The minimum atomic E-state index is -0.219. The van der Waals surface area contributed by atoms with Crippen molar-refractivity contribution in [2.75, 3.05) is 20.2 Å². The summed E-state index contributed by atoms with van der Waals surface area (Å²) in [5, 5.41) is 0. The summed E-state index contributed by atoms with van der Waals surface area (Å²) in [4.78, 5) is 2.14. The average molecular weight is 331 g/mol. The van der Waals surface area contributed by atoms with E-state index >= 15 is 0 Å². The number of ether oxygens (including phenoxy) is 1. The van der Waals surface area contributed by atoms with Crippen molar-refractivity contribution in [3.05, 3.63) is 34.1 Å². The van der Waals surface area contributed by atoms with Gasteiger partial charge in [0.15, 0.2) is 0 Å². The molecule has 0 saturated carbocycles. The van der Waals surface area contributed by atoms with Crippen LogP contribution in [-0.2, 0) is 4.74 Å². The number of hydrogen-bond donors (Lipinski definition) is 1. The predicted molar refractivity (Wildman–Crippen MR) is 77.5 cm³/mol. The minimum Gasteiger partial charge on any atom is -0.377 e. The van der Waals surface area contributed by atoms with Crippen molar-refractivity contribution in [3.63, 3.8) is 0 Å². The van der Waals surface area contributed by atoms with Crippen LogP contribution in [0.1, 0.15) is 24.9 Å². The van der Waals surface area contributed by atoms with Crippen LogP contribution in [0.25, 0.3) is 0 Å². The molecule has 3 unspecified atom stereocenters. The Balaban J connectivity index is 2.23. The molecule has 1 aliphatic heterocycles. The fraction of sp³-hybridized carbons (Fsp3) is 0.571. The third kappa shape index (κ3) is 3.16. The minimum absolute atomic E-state index is 0.123. The Morgan fingerprint density at radius 1 is 1.58 bits per heavy atom. The van der Waals surface area contributed by atoms with E-state index < -0.39 is 0 Å². The van der Waals surface area contributed by atoms with Gasteiger partial charge in [0, 0.05) is 35.3 Å². The van der Waals surface area contributed by atoms with E-state index in [4.69, 9.17) is 10.5 Å². The van der Waals surface area contributed by atoms with E-state index in [1.165, 1.54) is 6.07 Å². The maximum atomic E-state index is 14.1. The van der Waals surface area contributed by atoms with Crippen LogP contribution < -0.4 is 5.73 Å². The van der Waals surface area contributed by atoms with E-state index in [-0.39, 0.29) is 24.0 Å². The molecule has 3 nitrogen and oxygen atoms in total. The predicted octanol–water partition coefficient (Wildman–Crippen LogP) is 2.70. The first kappa shape index (κ1) is 14.9. The maximum absolute atomic E-state index is 14.1. The van der Waals surface area contributed by atoms with Crippen LogP contribution >= 0.6 is 15.9 Å². The lowest BCUT2D eigenvalue weighted by molar-refractivity contribution is 0.0679. The number of nitrogens with two attached hydrogens (primary N) is 1. The lowest BCUT2D eigenvalue weighted by atomic mass is 10.0. The Bertz CT molecular complexity index is 443. The van der Waals surface area contributed by atoms with Crippen LogP contribution in [0.4, 0.5) is 4.39 Å². The summed E-state index contributed by atoms with van der Waals surface area (Å²) < 4.78 is 20.4. The molecule has 1 aliphatic rings. The van der Waals surface area contributed by atoms with Gasteiger partial charge in [-0.15, -0.1) is 0 Å². The Morgan fingerprint density at radius 3 is 2.84 bits per heavy atom. The van der Waals surface area contributed by atoms with Gasteiger partial charge in [0.2, 0.25) is 0 Å². The molecule has 3 atom stereocenters. The second kappa shape index (κ2) is 6.31. The zero-order valence-electron chi connectivity index (χ0n) is 11.3. The van der Waals surface area contributed by atoms with Crippen LogP contribution in [-0.4, -0.2) is 37.2 Å². The fourth-order valence-electron chi connectivity index (χ4n) is 2.77. The van der Waals surface area contributed by atoms with Gasteiger partial charge in [-0.05, 0) is 32.5 Å². The molecule has 1 aromatic carbocycles. The molecule has 0 radical (unpaired) electrons. The summed E-state index contributed by atoms with van der Waals surface area (Å²) in [6.45, 7) is 3.20. The van der Waals surface area contributed by atoms with Gasteiger partial charge in [-0.25, -0.2) is 4.39 Å². The highest BCUT2D eigenvalue weighted by molar-refractivity contribution is 9.10. The van der Waals surface area contributed by atoms with Crippen LogP contribution in [0.2, 0.25) is 0 Å². The Morgan fingerprint density at radius 2 is 2.32 bits per heavy atom. The highest BCUT2D eigenvalue weighted by Gasteiger charge is 2.32. The van der Waals surface area contributed by atoms with Crippen LogP contribution in [0, 0.1) is 5.82 Å². The monoisotopic (exact) mass is 330 g/mol. The lowest BCUT2D eigenvalue weighted by Gasteiger charge is -2.34. The molecular weight excluding hydrogens is 311 g/mol. The molecule has 0 aliphatic carbocycles. The first-order valence-corrected chi connectivity index (χ1v) is 7.32. The van der Waals surface area contributed by atoms with Gasteiger partial charge in [-0.3, -0.25) is 4.90 Å². The summed E-state index contributed by atoms with van der Waals surface area (Å²) in [6, 6.07) is 5.30. The van der Waals surface area contributed by atoms with E-state index in [1.54, 1.807) is 6.07 Å². The number of halogens is 2. The highest BCUT2D eigenvalue weighted by Crippen LogP contribution is 2.29. The SMILES string of the molecule is CC1OCCC1N(C)C(CN)c1ccc(Br)cc1F. The zero-order valence-corrected chi connectivity index (χ0v) is 12.9. The van der Waals surface area contributed by atoms with E-state index in [0.717, 1.165) is 17.5 Å². The Kier molecular flexibility index (Phi) is 4.95. The van der Waals surface area contributed by atoms with Gasteiger partial charge >= 0.3 is 0 Å². The van der Waals surface area contributed by atoms with E-state index in [9.17, 15) is 4.39 Å².